The third-order valence-corrected chi connectivity index (χ3v) is 6.94. The number of hydrogen-bond donors (Lipinski definition) is 0. The van der Waals surface area contributed by atoms with Crippen LogP contribution in [-0.4, -0.2) is 56.7 Å². The topological polar surface area (TPSA) is 67.2 Å². The van der Waals surface area contributed by atoms with Crippen LogP contribution in [0.3, 0.4) is 0 Å². The lowest BCUT2D eigenvalue weighted by molar-refractivity contribution is -0.135. The van der Waals surface area contributed by atoms with Crippen LogP contribution in [0.25, 0.3) is 16.7 Å². The first kappa shape index (κ1) is 21.2. The number of para-hydroxylation sites is 1. The minimum Gasteiger partial charge on any atom is -0.352 e. The number of carbonyl (C=O) groups is 1. The number of rotatable bonds is 4. The minimum atomic E-state index is 0.179. The summed E-state index contributed by atoms with van der Waals surface area (Å²) in [6.45, 7) is 7.18. The number of piperazine rings is 1. The van der Waals surface area contributed by atoms with Gasteiger partial charge >= 0.3 is 0 Å². The monoisotopic (exact) mass is 452 g/mol. The summed E-state index contributed by atoms with van der Waals surface area (Å²) in [7, 11) is 0. The van der Waals surface area contributed by atoms with E-state index in [0.29, 0.717) is 10.9 Å². The zero-order valence-corrected chi connectivity index (χ0v) is 19.4. The molecule has 2 fully saturated rings. The Kier molecular flexibility index (Phi) is 5.76. The van der Waals surface area contributed by atoms with Crippen molar-refractivity contribution < 1.29 is 4.79 Å². The van der Waals surface area contributed by atoms with Crippen molar-refractivity contribution >= 4 is 34.4 Å². The maximum Gasteiger partial charge on any atom is 0.225 e. The Bertz CT molecular complexity index is 1130. The van der Waals surface area contributed by atoms with Crippen LogP contribution in [-0.2, 0) is 4.79 Å². The molecule has 7 nitrogen and oxygen atoms in total. The van der Waals surface area contributed by atoms with Gasteiger partial charge in [0.15, 0.2) is 5.65 Å². The molecule has 32 heavy (non-hydrogen) atoms. The van der Waals surface area contributed by atoms with E-state index in [-0.39, 0.29) is 11.8 Å². The van der Waals surface area contributed by atoms with Gasteiger partial charge in [0.05, 0.1) is 22.3 Å². The van der Waals surface area contributed by atoms with Crippen LogP contribution in [0.2, 0.25) is 5.02 Å². The van der Waals surface area contributed by atoms with Crippen LogP contribution >= 0.6 is 11.6 Å². The molecule has 1 amide bonds. The van der Waals surface area contributed by atoms with Gasteiger partial charge in [0, 0.05) is 38.0 Å². The average Bonchev–Trinajstić information content (AvgIpc) is 3.49. The largest absolute Gasteiger partial charge is 0.352 e. The molecule has 1 aliphatic heterocycles. The van der Waals surface area contributed by atoms with Crippen molar-refractivity contribution in [3.8, 4) is 5.69 Å². The molecule has 0 spiro atoms. The first-order valence-corrected chi connectivity index (χ1v) is 11.9. The first-order valence-electron chi connectivity index (χ1n) is 11.6. The van der Waals surface area contributed by atoms with Crippen molar-refractivity contribution in [2.75, 3.05) is 31.1 Å². The van der Waals surface area contributed by atoms with E-state index in [1.807, 2.05) is 35.4 Å². The lowest BCUT2D eigenvalue weighted by Gasteiger charge is -2.37. The first-order chi connectivity index (χ1) is 15.5. The zero-order valence-electron chi connectivity index (χ0n) is 18.7. The Morgan fingerprint density at radius 2 is 1.78 bits per heavy atom. The molecular formula is C24H29ClN6O. The lowest BCUT2D eigenvalue weighted by Crippen LogP contribution is -2.50. The quantitative estimate of drug-likeness (QED) is 0.585. The second-order valence-corrected chi connectivity index (χ2v) is 9.51. The molecule has 0 atom stereocenters. The molecule has 0 N–H and O–H groups in total. The molecule has 2 aromatic heterocycles. The van der Waals surface area contributed by atoms with Gasteiger partial charge in [-0.3, -0.25) is 4.79 Å². The van der Waals surface area contributed by atoms with Crippen LogP contribution in [0, 0.1) is 5.92 Å². The second-order valence-electron chi connectivity index (χ2n) is 9.10. The van der Waals surface area contributed by atoms with Crippen LogP contribution in [0.15, 0.2) is 30.5 Å². The normalized spacial score (nSPS) is 17.6. The van der Waals surface area contributed by atoms with Gasteiger partial charge in [-0.15, -0.1) is 0 Å². The van der Waals surface area contributed by atoms with E-state index in [2.05, 4.69) is 23.8 Å². The average molecular weight is 453 g/mol. The summed E-state index contributed by atoms with van der Waals surface area (Å²) >= 11 is 6.45. The molecule has 0 unspecified atom stereocenters. The van der Waals surface area contributed by atoms with E-state index in [1.54, 1.807) is 4.68 Å². The van der Waals surface area contributed by atoms with E-state index < -0.39 is 0 Å². The number of anilines is 1. The maximum atomic E-state index is 12.8. The van der Waals surface area contributed by atoms with Gasteiger partial charge in [-0.25, -0.2) is 14.6 Å². The molecule has 8 heteroatoms. The molecule has 5 rings (SSSR count). The van der Waals surface area contributed by atoms with Gasteiger partial charge in [-0.2, -0.15) is 5.10 Å². The SMILES string of the molecule is CC(C)c1nc(N2CCN(C(=O)C3CCCC3)CC2)c2cnn(-c3ccccc3Cl)c2n1. The highest BCUT2D eigenvalue weighted by molar-refractivity contribution is 6.32. The summed E-state index contributed by atoms with van der Waals surface area (Å²) in [5.41, 5.74) is 1.56. The van der Waals surface area contributed by atoms with Crippen LogP contribution in [0.1, 0.15) is 51.3 Å². The second kappa shape index (κ2) is 8.70. The fourth-order valence-electron chi connectivity index (χ4n) is 4.78. The van der Waals surface area contributed by atoms with Gasteiger partial charge in [0.1, 0.15) is 11.6 Å². The predicted octanol–water partition coefficient (Wildman–Crippen LogP) is 4.43. The van der Waals surface area contributed by atoms with Crippen molar-refractivity contribution in [1.29, 1.82) is 0 Å². The van der Waals surface area contributed by atoms with E-state index in [4.69, 9.17) is 21.6 Å². The Morgan fingerprint density at radius 3 is 2.47 bits per heavy atom. The number of nitrogens with zero attached hydrogens (tertiary/aromatic N) is 6. The summed E-state index contributed by atoms with van der Waals surface area (Å²) in [6.07, 6.45) is 6.29. The molecule has 168 valence electrons. The van der Waals surface area contributed by atoms with Gasteiger partial charge < -0.3 is 9.80 Å². The van der Waals surface area contributed by atoms with Crippen LogP contribution < -0.4 is 4.90 Å². The zero-order chi connectivity index (χ0) is 22.2. The summed E-state index contributed by atoms with van der Waals surface area (Å²) < 4.78 is 1.80. The molecule has 1 aliphatic carbocycles. The Labute approximate surface area is 193 Å². The molecule has 2 aliphatic rings. The predicted molar refractivity (Wildman–Crippen MR) is 127 cm³/mol. The van der Waals surface area contributed by atoms with Crippen molar-refractivity contribution in [1.82, 2.24) is 24.6 Å². The molecule has 0 bridgehead atoms. The van der Waals surface area contributed by atoms with Crippen molar-refractivity contribution in [2.24, 2.45) is 5.92 Å². The van der Waals surface area contributed by atoms with Crippen LogP contribution in [0.5, 0.6) is 0 Å². The Morgan fingerprint density at radius 1 is 1.06 bits per heavy atom. The smallest absolute Gasteiger partial charge is 0.225 e. The third-order valence-electron chi connectivity index (χ3n) is 6.62. The number of carbonyl (C=O) groups excluding carboxylic acids is 1. The summed E-state index contributed by atoms with van der Waals surface area (Å²) in [4.78, 5) is 26.9. The number of fused-ring (bicyclic) bond motifs is 1. The van der Waals surface area contributed by atoms with Gasteiger partial charge in [-0.1, -0.05) is 50.4 Å². The molecule has 0 radical (unpaired) electrons. The summed E-state index contributed by atoms with van der Waals surface area (Å²) in [5.74, 6) is 2.42. The summed E-state index contributed by atoms with van der Waals surface area (Å²) in [6, 6.07) is 7.65. The number of aromatic nitrogens is 4. The standard InChI is InChI=1S/C24H29ClN6O/c1-16(2)21-27-22(29-11-13-30(14-12-29)24(32)17-7-3-4-8-17)18-15-26-31(23(18)28-21)20-10-6-5-9-19(20)25/h5-6,9-10,15-17H,3-4,7-8,11-14H2,1-2H3. The molecule has 1 aromatic carbocycles. The molecule has 1 saturated carbocycles. The fourth-order valence-corrected chi connectivity index (χ4v) is 4.99. The maximum absolute atomic E-state index is 12.8. The highest BCUT2D eigenvalue weighted by Crippen LogP contribution is 2.31. The van der Waals surface area contributed by atoms with E-state index in [1.165, 1.54) is 12.8 Å². The highest BCUT2D eigenvalue weighted by Gasteiger charge is 2.30. The lowest BCUT2D eigenvalue weighted by atomic mass is 10.1. The van der Waals surface area contributed by atoms with Crippen molar-refractivity contribution in [3.05, 3.63) is 41.3 Å². The highest BCUT2D eigenvalue weighted by atomic mass is 35.5. The molecular weight excluding hydrogens is 424 g/mol. The van der Waals surface area contributed by atoms with Gasteiger partial charge in [0.25, 0.3) is 0 Å². The summed E-state index contributed by atoms with van der Waals surface area (Å²) in [5, 5.41) is 6.15. The van der Waals surface area contributed by atoms with Gasteiger partial charge in [-0.05, 0) is 25.0 Å². The Balaban J connectivity index is 1.46. The number of amides is 1. The number of benzene rings is 1. The molecule has 3 heterocycles. The van der Waals surface area contributed by atoms with Crippen molar-refractivity contribution in [2.45, 2.75) is 45.4 Å². The van der Waals surface area contributed by atoms with Crippen molar-refractivity contribution in [3.63, 3.8) is 0 Å². The molecule has 3 aromatic rings. The van der Waals surface area contributed by atoms with E-state index >= 15 is 0 Å². The minimum absolute atomic E-state index is 0.179. The van der Waals surface area contributed by atoms with Crippen LogP contribution in [0.4, 0.5) is 5.82 Å². The number of hydrogen-bond acceptors (Lipinski definition) is 5. The van der Waals surface area contributed by atoms with E-state index in [0.717, 1.165) is 67.4 Å². The van der Waals surface area contributed by atoms with Gasteiger partial charge in [0.2, 0.25) is 5.91 Å². The fraction of sp³-hybridized carbons (Fsp3) is 0.500. The third kappa shape index (κ3) is 3.83. The Hall–Kier alpha value is -2.67. The number of halogens is 1. The van der Waals surface area contributed by atoms with E-state index in [9.17, 15) is 4.79 Å². The molecule has 1 saturated heterocycles.